The van der Waals surface area contributed by atoms with E-state index in [0.717, 1.165) is 29.9 Å². The zero-order chi connectivity index (χ0) is 33.7. The average Bonchev–Trinajstić information content (AvgIpc) is 2.94. The second kappa shape index (κ2) is 12.4. The van der Waals surface area contributed by atoms with E-state index in [1.54, 1.807) is 13.0 Å². The average molecular weight is 744 g/mol. The van der Waals surface area contributed by atoms with Gasteiger partial charge in [0, 0.05) is 53.9 Å². The quantitative estimate of drug-likeness (QED) is 0.141. The molecule has 0 spiro atoms. The fourth-order valence-electron chi connectivity index (χ4n) is 6.95. The molecule has 12 heteroatoms. The highest BCUT2D eigenvalue weighted by Gasteiger charge is 2.49. The minimum atomic E-state index is -0.734. The lowest BCUT2D eigenvalue weighted by molar-refractivity contribution is -0.394. The zero-order valence-electron chi connectivity index (χ0n) is 26.9. The zero-order valence-corrected chi connectivity index (χ0v) is 29.1. The summed E-state index contributed by atoms with van der Waals surface area (Å²) in [5, 5.41) is 23.1. The molecule has 0 amide bonds. The Morgan fingerprint density at radius 2 is 1.46 bits per heavy atom. The summed E-state index contributed by atoms with van der Waals surface area (Å²) in [5.74, 6) is -0.250. The third-order valence-electron chi connectivity index (χ3n) is 8.70. The summed E-state index contributed by atoms with van der Waals surface area (Å²) in [7, 11) is 0. The molecular weight excluding hydrogens is 705 g/mol. The lowest BCUT2D eigenvalue weighted by Gasteiger charge is -2.49. The summed E-state index contributed by atoms with van der Waals surface area (Å²) in [4.78, 5) is 52.1. The largest absolute Gasteiger partial charge is 0.490 e. The summed E-state index contributed by atoms with van der Waals surface area (Å²) in [5.41, 5.74) is 2.50. The number of allylic oxidation sites excluding steroid dienone is 4. The van der Waals surface area contributed by atoms with Gasteiger partial charge in [0.2, 0.25) is 5.75 Å². The summed E-state index contributed by atoms with van der Waals surface area (Å²) in [6, 6.07) is 6.79. The second-order valence-corrected chi connectivity index (χ2v) is 14.9. The highest BCUT2D eigenvalue weighted by Crippen LogP contribution is 2.55. The van der Waals surface area contributed by atoms with E-state index in [1.165, 1.54) is 6.07 Å². The maximum Gasteiger partial charge on any atom is 0.318 e. The highest BCUT2D eigenvalue weighted by atomic mass is 127. The molecule has 2 aliphatic carbocycles. The number of non-ortho nitro benzene ring substituents is 1. The fourth-order valence-corrected chi connectivity index (χ4v) is 7.68. The second-order valence-electron chi connectivity index (χ2n) is 13.7. The summed E-state index contributed by atoms with van der Waals surface area (Å²) >= 11 is 2.06. The van der Waals surface area contributed by atoms with E-state index >= 15 is 0 Å². The van der Waals surface area contributed by atoms with Crippen molar-refractivity contribution >= 4 is 45.5 Å². The first-order chi connectivity index (χ1) is 21.6. The first kappa shape index (κ1) is 33.6. The molecule has 0 radical (unpaired) electrons. The lowest BCUT2D eigenvalue weighted by Crippen LogP contribution is -2.44. The Labute approximate surface area is 281 Å². The molecular formula is C34H38IN3O8. The van der Waals surface area contributed by atoms with Gasteiger partial charge in [-0.3, -0.25) is 29.8 Å². The molecule has 3 aliphatic rings. The number of ether oxygens (including phenoxy) is 2. The van der Waals surface area contributed by atoms with E-state index in [0.29, 0.717) is 52.5 Å². The Bertz CT molecular complexity index is 1670. The van der Waals surface area contributed by atoms with Crippen LogP contribution in [0.15, 0.2) is 52.9 Å². The predicted molar refractivity (Wildman–Crippen MR) is 180 cm³/mol. The molecule has 244 valence electrons. The van der Waals surface area contributed by atoms with Crippen LogP contribution in [0.2, 0.25) is 0 Å². The molecule has 0 N–H and O–H groups in total. The van der Waals surface area contributed by atoms with Gasteiger partial charge < -0.3 is 14.4 Å². The van der Waals surface area contributed by atoms with Crippen LogP contribution in [0.3, 0.4) is 0 Å². The number of nitro benzene ring substituents is 2. The van der Waals surface area contributed by atoms with Gasteiger partial charge in [0.25, 0.3) is 5.69 Å². The molecule has 0 aromatic heterocycles. The number of Topliss-reactive ketones (excluding diaryl/α,β-unsaturated/α-hetero) is 2. The van der Waals surface area contributed by atoms with Crippen LogP contribution in [0.4, 0.5) is 11.4 Å². The van der Waals surface area contributed by atoms with E-state index in [1.807, 2.05) is 6.07 Å². The molecule has 0 bridgehead atoms. The van der Waals surface area contributed by atoms with Gasteiger partial charge in [-0.05, 0) is 83.4 Å². The SMILES string of the molecule is CCCN1C2=C(C(=O)CC(C)(C)C2)C(c2cc(I)c(Oc3ccc([N+](=O)[O-])cc3[N+](=O)[O-])c(OCC)c2)C2=C1CC(C)(C)CC2=O. The Balaban J connectivity index is 1.71. The smallest absolute Gasteiger partial charge is 0.318 e. The number of carbonyl (C=O) groups is 2. The first-order valence-electron chi connectivity index (χ1n) is 15.4. The van der Waals surface area contributed by atoms with E-state index in [2.05, 4.69) is 62.1 Å². The van der Waals surface area contributed by atoms with Gasteiger partial charge in [-0.2, -0.15) is 0 Å². The molecule has 0 atom stereocenters. The van der Waals surface area contributed by atoms with E-state index < -0.39 is 27.1 Å². The molecule has 1 aliphatic heterocycles. The number of rotatable bonds is 9. The molecule has 2 aromatic rings. The minimum absolute atomic E-state index is 0.0244. The monoisotopic (exact) mass is 743 g/mol. The predicted octanol–water partition coefficient (Wildman–Crippen LogP) is 8.39. The number of carbonyl (C=O) groups excluding carboxylic acids is 2. The van der Waals surface area contributed by atoms with Crippen LogP contribution in [-0.4, -0.2) is 39.5 Å². The summed E-state index contributed by atoms with van der Waals surface area (Å²) < 4.78 is 12.6. The summed E-state index contributed by atoms with van der Waals surface area (Å²) in [6.07, 6.45) is 3.00. The number of hydrogen-bond donors (Lipinski definition) is 0. The van der Waals surface area contributed by atoms with Crippen molar-refractivity contribution in [1.29, 1.82) is 0 Å². The van der Waals surface area contributed by atoms with Crippen molar-refractivity contribution < 1.29 is 28.9 Å². The van der Waals surface area contributed by atoms with Crippen LogP contribution < -0.4 is 9.47 Å². The van der Waals surface area contributed by atoms with Gasteiger partial charge in [0.1, 0.15) is 0 Å². The Hall–Kier alpha value is -3.81. The van der Waals surface area contributed by atoms with Crippen molar-refractivity contribution in [3.8, 4) is 17.2 Å². The molecule has 2 aromatic carbocycles. The highest BCUT2D eigenvalue weighted by molar-refractivity contribution is 14.1. The Kier molecular flexibility index (Phi) is 9.06. The third kappa shape index (κ3) is 6.27. The van der Waals surface area contributed by atoms with Crippen LogP contribution in [-0.2, 0) is 9.59 Å². The van der Waals surface area contributed by atoms with Crippen molar-refractivity contribution in [3.63, 3.8) is 0 Å². The van der Waals surface area contributed by atoms with Crippen molar-refractivity contribution in [2.24, 2.45) is 10.8 Å². The van der Waals surface area contributed by atoms with Gasteiger partial charge in [-0.15, -0.1) is 0 Å². The van der Waals surface area contributed by atoms with Crippen LogP contribution >= 0.6 is 22.6 Å². The van der Waals surface area contributed by atoms with Crippen LogP contribution in [0, 0.1) is 34.6 Å². The van der Waals surface area contributed by atoms with Crippen molar-refractivity contribution in [2.75, 3.05) is 13.2 Å². The summed E-state index contributed by atoms with van der Waals surface area (Å²) in [6.45, 7) is 13.3. The van der Waals surface area contributed by atoms with Crippen LogP contribution in [0.1, 0.15) is 85.1 Å². The normalized spacial score (nSPS) is 19.2. The first-order valence-corrected chi connectivity index (χ1v) is 16.5. The van der Waals surface area contributed by atoms with Gasteiger partial charge in [0.15, 0.2) is 23.1 Å². The maximum absolute atomic E-state index is 14.1. The van der Waals surface area contributed by atoms with Gasteiger partial charge in [-0.25, -0.2) is 0 Å². The maximum atomic E-state index is 14.1. The molecule has 1 heterocycles. The fraction of sp³-hybridized carbons (Fsp3) is 0.471. The third-order valence-corrected chi connectivity index (χ3v) is 9.50. The van der Waals surface area contributed by atoms with Gasteiger partial charge in [0.05, 0.1) is 26.1 Å². The number of halogens is 1. The van der Waals surface area contributed by atoms with Crippen molar-refractivity contribution in [1.82, 2.24) is 4.90 Å². The van der Waals surface area contributed by atoms with Crippen molar-refractivity contribution in [3.05, 3.63) is 82.2 Å². The molecule has 0 saturated carbocycles. The molecule has 5 rings (SSSR count). The van der Waals surface area contributed by atoms with E-state index in [4.69, 9.17) is 9.47 Å². The van der Waals surface area contributed by atoms with Crippen molar-refractivity contribution in [2.45, 2.75) is 79.6 Å². The van der Waals surface area contributed by atoms with Crippen LogP contribution in [0.25, 0.3) is 0 Å². The van der Waals surface area contributed by atoms with E-state index in [-0.39, 0.29) is 46.3 Å². The number of ketones is 2. The number of nitrogens with zero attached hydrogens (tertiary/aromatic N) is 3. The number of hydrogen-bond acceptors (Lipinski definition) is 9. The van der Waals surface area contributed by atoms with Gasteiger partial charge >= 0.3 is 5.69 Å². The van der Waals surface area contributed by atoms with Gasteiger partial charge in [-0.1, -0.05) is 34.6 Å². The molecule has 0 saturated heterocycles. The molecule has 0 fully saturated rings. The number of nitro groups is 2. The van der Waals surface area contributed by atoms with E-state index in [9.17, 15) is 29.8 Å². The molecule has 46 heavy (non-hydrogen) atoms. The topological polar surface area (TPSA) is 142 Å². The Morgan fingerprint density at radius 1 is 0.870 bits per heavy atom. The standard InChI is InChI=1S/C34H38IN3O8/c1-7-11-36-23-15-33(3,4)17-25(39)30(23)29(31-24(36)16-34(5,6)18-26(31)40)19-12-21(35)32(28(13-19)45-8-2)46-27-10-9-20(37(41)42)14-22(27)38(43)44/h9-10,12-14,29H,7-8,11,15-18H2,1-6H3. The Morgan fingerprint density at radius 3 is 1.96 bits per heavy atom. The van der Waals surface area contributed by atoms with Crippen LogP contribution in [0.5, 0.6) is 17.2 Å². The lowest BCUT2D eigenvalue weighted by atomic mass is 9.63. The number of benzene rings is 2. The molecule has 11 nitrogen and oxygen atoms in total. The minimum Gasteiger partial charge on any atom is -0.490 e. The molecule has 0 unspecified atom stereocenters.